The van der Waals surface area contributed by atoms with Crippen LogP contribution < -0.4 is 0 Å². The summed E-state index contributed by atoms with van der Waals surface area (Å²) in [5.74, 6) is 0. The molecule has 0 spiro atoms. The number of rotatable bonds is 2. The highest BCUT2D eigenvalue weighted by Crippen LogP contribution is 2.43. The SMILES string of the molecule is C1=Cc2ccc3ccc(-c4ccc(-c5nc6ccccc6c6nc7ccccn7c56)cc4)c4c3c2C(=CC4)C1. The number of para-hydroxylation sites is 1. The van der Waals surface area contributed by atoms with E-state index in [-0.39, 0.29) is 0 Å². The number of nitrogens with zero attached hydrogens (tertiary/aromatic N) is 3. The molecule has 3 heterocycles. The van der Waals surface area contributed by atoms with Crippen LogP contribution in [0.3, 0.4) is 0 Å². The zero-order valence-electron chi connectivity index (χ0n) is 21.2. The molecular formula is C36H23N3. The summed E-state index contributed by atoms with van der Waals surface area (Å²) in [4.78, 5) is 10.2. The van der Waals surface area contributed by atoms with Crippen LogP contribution in [0.25, 0.3) is 72.4 Å². The van der Waals surface area contributed by atoms with Gasteiger partial charge in [0.1, 0.15) is 11.2 Å². The minimum atomic E-state index is 0.935. The summed E-state index contributed by atoms with van der Waals surface area (Å²) in [6, 6.07) is 32.5. The van der Waals surface area contributed by atoms with Gasteiger partial charge in [0, 0.05) is 17.1 Å². The fraction of sp³-hybridized carbons (Fsp3) is 0.0556. The minimum absolute atomic E-state index is 0.935. The number of hydrogen-bond donors (Lipinski definition) is 0. The van der Waals surface area contributed by atoms with Gasteiger partial charge in [0.2, 0.25) is 0 Å². The molecule has 39 heavy (non-hydrogen) atoms. The van der Waals surface area contributed by atoms with E-state index in [1.807, 2.05) is 12.1 Å². The van der Waals surface area contributed by atoms with Crippen molar-refractivity contribution in [3.8, 4) is 22.4 Å². The van der Waals surface area contributed by atoms with Crippen molar-refractivity contribution in [2.45, 2.75) is 12.8 Å². The van der Waals surface area contributed by atoms with Gasteiger partial charge < -0.3 is 0 Å². The number of hydrogen-bond acceptors (Lipinski definition) is 2. The predicted octanol–water partition coefficient (Wildman–Crippen LogP) is 8.88. The number of benzene rings is 4. The van der Waals surface area contributed by atoms with Crippen LogP contribution in [0.15, 0.2) is 109 Å². The molecule has 3 nitrogen and oxygen atoms in total. The van der Waals surface area contributed by atoms with Crippen LogP contribution >= 0.6 is 0 Å². The largest absolute Gasteiger partial charge is 0.298 e. The maximum Gasteiger partial charge on any atom is 0.137 e. The highest BCUT2D eigenvalue weighted by atomic mass is 15.0. The average molecular weight is 498 g/mol. The summed E-state index contributed by atoms with van der Waals surface area (Å²) in [5.41, 5.74) is 14.2. The molecule has 0 amide bonds. The summed E-state index contributed by atoms with van der Waals surface area (Å²) in [6.45, 7) is 0. The van der Waals surface area contributed by atoms with Crippen molar-refractivity contribution in [1.29, 1.82) is 0 Å². The topological polar surface area (TPSA) is 30.2 Å². The van der Waals surface area contributed by atoms with Crippen LogP contribution in [0, 0.1) is 0 Å². The van der Waals surface area contributed by atoms with Crippen molar-refractivity contribution in [3.05, 3.63) is 126 Å². The normalized spacial score (nSPS) is 14.0. The molecule has 0 radical (unpaired) electrons. The Morgan fingerprint density at radius 3 is 2.51 bits per heavy atom. The van der Waals surface area contributed by atoms with E-state index in [0.29, 0.717) is 0 Å². The fourth-order valence-electron chi connectivity index (χ4n) is 6.66. The van der Waals surface area contributed by atoms with Gasteiger partial charge in [0.25, 0.3) is 0 Å². The van der Waals surface area contributed by atoms with Crippen LogP contribution in [-0.2, 0) is 6.42 Å². The van der Waals surface area contributed by atoms with E-state index < -0.39 is 0 Å². The molecule has 3 heteroatoms. The molecule has 0 fully saturated rings. The van der Waals surface area contributed by atoms with Gasteiger partial charge in [-0.15, -0.1) is 0 Å². The molecule has 0 bridgehead atoms. The lowest BCUT2D eigenvalue weighted by Crippen LogP contribution is -2.04. The van der Waals surface area contributed by atoms with Gasteiger partial charge >= 0.3 is 0 Å². The monoisotopic (exact) mass is 497 g/mol. The molecule has 4 aromatic carbocycles. The zero-order chi connectivity index (χ0) is 25.5. The summed E-state index contributed by atoms with van der Waals surface area (Å²) in [5, 5.41) is 3.84. The second-order valence-corrected chi connectivity index (χ2v) is 10.6. The fourth-order valence-corrected chi connectivity index (χ4v) is 6.66. The highest BCUT2D eigenvalue weighted by Gasteiger charge is 2.22. The van der Waals surface area contributed by atoms with Crippen molar-refractivity contribution in [3.63, 3.8) is 0 Å². The molecule has 0 saturated heterocycles. The van der Waals surface area contributed by atoms with Crippen LogP contribution in [0.5, 0.6) is 0 Å². The second-order valence-electron chi connectivity index (χ2n) is 10.6. The van der Waals surface area contributed by atoms with Gasteiger partial charge in [-0.1, -0.05) is 91.0 Å². The Kier molecular flexibility index (Phi) is 4.17. The van der Waals surface area contributed by atoms with E-state index >= 15 is 0 Å². The molecule has 0 N–H and O–H groups in total. The molecule has 2 aliphatic carbocycles. The first-order chi connectivity index (χ1) is 19.3. The molecule has 182 valence electrons. The summed E-state index contributed by atoms with van der Waals surface area (Å²) in [6.07, 6.45) is 11.1. The highest BCUT2D eigenvalue weighted by molar-refractivity contribution is 6.09. The van der Waals surface area contributed by atoms with E-state index in [2.05, 4.69) is 108 Å². The lowest BCUT2D eigenvalue weighted by Gasteiger charge is -2.25. The number of aromatic nitrogens is 3. The van der Waals surface area contributed by atoms with Crippen LogP contribution in [0.4, 0.5) is 0 Å². The first-order valence-corrected chi connectivity index (χ1v) is 13.5. The van der Waals surface area contributed by atoms with Gasteiger partial charge in [0.15, 0.2) is 0 Å². The second kappa shape index (κ2) is 7.75. The van der Waals surface area contributed by atoms with Crippen LogP contribution in [0.1, 0.15) is 23.1 Å². The van der Waals surface area contributed by atoms with E-state index in [9.17, 15) is 0 Å². The predicted molar refractivity (Wildman–Crippen MR) is 162 cm³/mol. The maximum atomic E-state index is 5.15. The van der Waals surface area contributed by atoms with Gasteiger partial charge in [-0.25, -0.2) is 9.97 Å². The van der Waals surface area contributed by atoms with E-state index in [0.717, 1.165) is 51.7 Å². The van der Waals surface area contributed by atoms with Crippen molar-refractivity contribution in [2.24, 2.45) is 0 Å². The first-order valence-electron chi connectivity index (χ1n) is 13.5. The van der Waals surface area contributed by atoms with Crippen LogP contribution in [0.2, 0.25) is 0 Å². The van der Waals surface area contributed by atoms with Gasteiger partial charge in [-0.3, -0.25) is 4.40 Å². The Morgan fingerprint density at radius 2 is 1.56 bits per heavy atom. The molecule has 0 atom stereocenters. The maximum absolute atomic E-state index is 5.15. The summed E-state index contributed by atoms with van der Waals surface area (Å²) < 4.78 is 2.16. The summed E-state index contributed by atoms with van der Waals surface area (Å²) in [7, 11) is 0. The molecule has 0 unspecified atom stereocenters. The number of pyridine rings is 2. The Balaban J connectivity index is 1.24. The van der Waals surface area contributed by atoms with Crippen molar-refractivity contribution in [1.82, 2.24) is 14.4 Å². The smallest absolute Gasteiger partial charge is 0.137 e. The summed E-state index contributed by atoms with van der Waals surface area (Å²) >= 11 is 0. The van der Waals surface area contributed by atoms with Crippen LogP contribution in [-0.4, -0.2) is 14.4 Å². The standard InChI is InChI=1S/C36H23N3/c1-2-9-30-29(8-1)35-36(39-21-4-3-10-31(39)38-35)34(37-30)26-15-11-22(12-16-26)27-19-17-25-14-13-23-6-5-7-24-18-20-28(27)33(25)32(23)24/h1-6,8-19,21H,7,20H2. The third-order valence-corrected chi connectivity index (χ3v) is 8.45. The Morgan fingerprint density at radius 1 is 0.718 bits per heavy atom. The minimum Gasteiger partial charge on any atom is -0.298 e. The number of imidazole rings is 1. The third kappa shape index (κ3) is 2.93. The van der Waals surface area contributed by atoms with Gasteiger partial charge in [0.05, 0.1) is 16.7 Å². The zero-order valence-corrected chi connectivity index (χ0v) is 21.2. The number of fused-ring (bicyclic) bond motifs is 5. The third-order valence-electron chi connectivity index (χ3n) is 8.45. The van der Waals surface area contributed by atoms with E-state index in [1.54, 1.807) is 0 Å². The lowest BCUT2D eigenvalue weighted by atomic mass is 9.79. The lowest BCUT2D eigenvalue weighted by molar-refractivity contribution is 1.22. The molecule has 0 aliphatic heterocycles. The van der Waals surface area contributed by atoms with Crippen molar-refractivity contribution in [2.75, 3.05) is 0 Å². The van der Waals surface area contributed by atoms with Gasteiger partial charge in [-0.2, -0.15) is 0 Å². The molecule has 7 aromatic rings. The number of allylic oxidation sites excluding steroid dienone is 3. The average Bonchev–Trinajstić information content (AvgIpc) is 3.40. The molecule has 0 saturated carbocycles. The van der Waals surface area contributed by atoms with E-state index in [4.69, 9.17) is 9.97 Å². The Bertz CT molecular complexity index is 2210. The molecule has 2 aliphatic rings. The Labute approximate surface area is 225 Å². The first kappa shape index (κ1) is 21.0. The molecule has 9 rings (SSSR count). The van der Waals surface area contributed by atoms with Crippen molar-refractivity contribution < 1.29 is 0 Å². The molecular weight excluding hydrogens is 474 g/mol. The quantitative estimate of drug-likeness (QED) is 0.239. The van der Waals surface area contributed by atoms with Gasteiger partial charge in [-0.05, 0) is 75.2 Å². The van der Waals surface area contributed by atoms with E-state index in [1.165, 1.54) is 44.2 Å². The Hall–Kier alpha value is -5.02. The van der Waals surface area contributed by atoms with Crippen molar-refractivity contribution >= 4 is 50.0 Å². The molecule has 3 aromatic heterocycles.